The van der Waals surface area contributed by atoms with E-state index >= 15 is 0 Å². The smallest absolute Gasteiger partial charge is 0.176 e. The van der Waals surface area contributed by atoms with Crippen LogP contribution in [0.25, 0.3) is 22.2 Å². The molecule has 1 fully saturated rings. The van der Waals surface area contributed by atoms with Gasteiger partial charge in [-0.1, -0.05) is 0 Å². The highest BCUT2D eigenvalue weighted by Gasteiger charge is 2.16. The fourth-order valence-corrected chi connectivity index (χ4v) is 3.69. The number of nitrogens with one attached hydrogen (secondary N) is 1. The Hall–Kier alpha value is -3.00. The van der Waals surface area contributed by atoms with E-state index in [1.165, 1.54) is 0 Å². The molecule has 4 aromatic rings. The summed E-state index contributed by atoms with van der Waals surface area (Å²) in [6.07, 6.45) is 3.71. The Morgan fingerprint density at radius 3 is 2.67 bits per heavy atom. The number of rotatable bonds is 2. The number of nitrogens with zero attached hydrogens (tertiary/aromatic N) is 6. The summed E-state index contributed by atoms with van der Waals surface area (Å²) in [4.78, 5) is 6.66. The van der Waals surface area contributed by atoms with E-state index in [-0.39, 0.29) is 5.82 Å². The van der Waals surface area contributed by atoms with E-state index in [1.54, 1.807) is 15.3 Å². The summed E-state index contributed by atoms with van der Waals surface area (Å²) in [7, 11) is 0. The van der Waals surface area contributed by atoms with E-state index in [1.807, 2.05) is 38.4 Å². The molecule has 0 aliphatic carbocycles. The van der Waals surface area contributed by atoms with Crippen molar-refractivity contribution in [2.24, 2.45) is 0 Å². The van der Waals surface area contributed by atoms with E-state index in [2.05, 4.69) is 25.4 Å². The lowest BCUT2D eigenvalue weighted by molar-refractivity contribution is 0.586. The predicted octanol–water partition coefficient (Wildman–Crippen LogP) is 2.23. The van der Waals surface area contributed by atoms with Crippen LogP contribution in [-0.2, 0) is 0 Å². The predicted molar refractivity (Wildman–Crippen MR) is 102 cm³/mol. The first-order valence-electron chi connectivity index (χ1n) is 9.07. The molecule has 0 spiro atoms. The molecule has 27 heavy (non-hydrogen) atoms. The van der Waals surface area contributed by atoms with Crippen molar-refractivity contribution in [3.63, 3.8) is 0 Å². The molecular formula is C19H20FN7. The number of aromatic nitrogens is 5. The molecule has 1 aliphatic rings. The van der Waals surface area contributed by atoms with Crippen molar-refractivity contribution in [2.45, 2.75) is 13.8 Å². The molecule has 1 aliphatic heterocycles. The normalized spacial score (nSPS) is 15.1. The molecular weight excluding hydrogens is 345 g/mol. The average molecular weight is 365 g/mol. The standard InChI is InChI=1S/C19H20FN7/c1-12-10-26-17(13(2)22-12)9-18(23-26)27-11-14-7-15(8-16(20)19(14)24-27)25-5-3-21-4-6-25/h7-11,21H,3-6H2,1-2H3. The molecule has 5 rings (SSSR count). The minimum absolute atomic E-state index is 0.308. The highest BCUT2D eigenvalue weighted by molar-refractivity contribution is 5.83. The van der Waals surface area contributed by atoms with E-state index < -0.39 is 0 Å². The van der Waals surface area contributed by atoms with Gasteiger partial charge in [0.15, 0.2) is 11.6 Å². The van der Waals surface area contributed by atoms with Gasteiger partial charge in [0.2, 0.25) is 0 Å². The summed E-state index contributed by atoms with van der Waals surface area (Å²) in [5.74, 6) is 0.335. The Morgan fingerprint density at radius 2 is 1.85 bits per heavy atom. The van der Waals surface area contributed by atoms with Gasteiger partial charge >= 0.3 is 0 Å². The third-order valence-electron chi connectivity index (χ3n) is 5.01. The van der Waals surface area contributed by atoms with Gasteiger partial charge in [-0.25, -0.2) is 13.6 Å². The second kappa shape index (κ2) is 6.02. The molecule has 0 radical (unpaired) electrons. The molecule has 0 bridgehead atoms. The molecule has 4 heterocycles. The van der Waals surface area contributed by atoms with Gasteiger partial charge in [-0.3, -0.25) is 4.98 Å². The topological polar surface area (TPSA) is 63.3 Å². The minimum atomic E-state index is -0.308. The van der Waals surface area contributed by atoms with Crippen LogP contribution >= 0.6 is 0 Å². The second-order valence-corrected chi connectivity index (χ2v) is 6.98. The van der Waals surface area contributed by atoms with Crippen LogP contribution in [0.1, 0.15) is 11.4 Å². The van der Waals surface area contributed by atoms with Crippen molar-refractivity contribution in [3.05, 3.63) is 47.8 Å². The lowest BCUT2D eigenvalue weighted by Crippen LogP contribution is -2.43. The quantitative estimate of drug-likeness (QED) is 0.590. The number of hydrogen-bond acceptors (Lipinski definition) is 5. The van der Waals surface area contributed by atoms with Gasteiger partial charge < -0.3 is 10.2 Å². The van der Waals surface area contributed by atoms with Crippen LogP contribution in [0.2, 0.25) is 0 Å². The Kier molecular flexibility index (Phi) is 3.61. The van der Waals surface area contributed by atoms with Crippen LogP contribution in [0.5, 0.6) is 0 Å². The van der Waals surface area contributed by atoms with Gasteiger partial charge in [0.1, 0.15) is 5.52 Å². The van der Waals surface area contributed by atoms with E-state index in [0.29, 0.717) is 11.3 Å². The van der Waals surface area contributed by atoms with Gasteiger partial charge in [0, 0.05) is 49.5 Å². The third kappa shape index (κ3) is 2.73. The van der Waals surface area contributed by atoms with Gasteiger partial charge in [0.05, 0.1) is 23.1 Å². The van der Waals surface area contributed by atoms with Gasteiger partial charge in [-0.2, -0.15) is 5.10 Å². The Balaban J connectivity index is 1.60. The summed E-state index contributed by atoms with van der Waals surface area (Å²) in [5, 5.41) is 13.1. The Bertz CT molecular complexity index is 1150. The molecule has 0 atom stereocenters. The summed E-state index contributed by atoms with van der Waals surface area (Å²) in [5.41, 5.74) is 3.96. The number of aryl methyl sites for hydroxylation is 2. The number of fused-ring (bicyclic) bond motifs is 2. The number of piperazine rings is 1. The Labute approximate surface area is 155 Å². The maximum Gasteiger partial charge on any atom is 0.176 e. The summed E-state index contributed by atoms with van der Waals surface area (Å²) < 4.78 is 18.1. The molecule has 1 saturated heterocycles. The summed E-state index contributed by atoms with van der Waals surface area (Å²) in [6.45, 7) is 7.45. The highest BCUT2D eigenvalue weighted by Crippen LogP contribution is 2.26. The lowest BCUT2D eigenvalue weighted by atomic mass is 10.2. The highest BCUT2D eigenvalue weighted by atomic mass is 19.1. The third-order valence-corrected chi connectivity index (χ3v) is 5.01. The zero-order chi connectivity index (χ0) is 18.5. The van der Waals surface area contributed by atoms with E-state index in [0.717, 1.165) is 54.2 Å². The van der Waals surface area contributed by atoms with Crippen LogP contribution in [0.3, 0.4) is 0 Å². The van der Waals surface area contributed by atoms with Crippen LogP contribution < -0.4 is 10.2 Å². The van der Waals surface area contributed by atoms with Gasteiger partial charge in [-0.05, 0) is 26.0 Å². The Morgan fingerprint density at radius 1 is 1.04 bits per heavy atom. The number of benzene rings is 1. The average Bonchev–Trinajstić information content (AvgIpc) is 3.26. The fourth-order valence-electron chi connectivity index (χ4n) is 3.69. The molecule has 138 valence electrons. The largest absolute Gasteiger partial charge is 0.369 e. The van der Waals surface area contributed by atoms with Crippen molar-refractivity contribution in [2.75, 3.05) is 31.1 Å². The van der Waals surface area contributed by atoms with Gasteiger partial charge in [-0.15, -0.1) is 5.10 Å². The maximum absolute atomic E-state index is 14.7. The van der Waals surface area contributed by atoms with Crippen LogP contribution in [-0.4, -0.2) is 50.6 Å². The summed E-state index contributed by atoms with van der Waals surface area (Å²) >= 11 is 0. The van der Waals surface area contributed by atoms with Crippen LogP contribution in [0.4, 0.5) is 10.1 Å². The van der Waals surface area contributed by atoms with Crippen molar-refractivity contribution in [1.29, 1.82) is 0 Å². The maximum atomic E-state index is 14.7. The molecule has 0 unspecified atom stereocenters. The second-order valence-electron chi connectivity index (χ2n) is 6.98. The van der Waals surface area contributed by atoms with E-state index in [4.69, 9.17) is 0 Å². The van der Waals surface area contributed by atoms with Crippen molar-refractivity contribution >= 4 is 22.1 Å². The van der Waals surface area contributed by atoms with E-state index in [9.17, 15) is 4.39 Å². The zero-order valence-electron chi connectivity index (χ0n) is 15.3. The molecule has 1 N–H and O–H groups in total. The van der Waals surface area contributed by atoms with Crippen molar-refractivity contribution in [3.8, 4) is 5.82 Å². The first kappa shape index (κ1) is 16.2. The SMILES string of the molecule is Cc1cn2nc(-n3cc4cc(N5CCNCC5)cc(F)c4n3)cc2c(C)n1. The fraction of sp³-hybridized carbons (Fsp3) is 0.316. The zero-order valence-corrected chi connectivity index (χ0v) is 15.3. The van der Waals surface area contributed by atoms with Crippen molar-refractivity contribution < 1.29 is 4.39 Å². The molecule has 1 aromatic carbocycles. The first-order valence-corrected chi connectivity index (χ1v) is 9.07. The molecule has 7 nitrogen and oxygen atoms in total. The monoisotopic (exact) mass is 365 g/mol. The molecule has 3 aromatic heterocycles. The van der Waals surface area contributed by atoms with Crippen molar-refractivity contribution in [1.82, 2.24) is 29.7 Å². The summed E-state index contributed by atoms with van der Waals surface area (Å²) in [6, 6.07) is 5.49. The minimum Gasteiger partial charge on any atom is -0.369 e. The van der Waals surface area contributed by atoms with Crippen LogP contribution in [0, 0.1) is 19.7 Å². The number of halogens is 1. The lowest BCUT2D eigenvalue weighted by Gasteiger charge is -2.29. The number of hydrogen-bond donors (Lipinski definition) is 1. The van der Waals surface area contributed by atoms with Gasteiger partial charge in [0.25, 0.3) is 0 Å². The molecule has 8 heteroatoms. The number of anilines is 1. The first-order chi connectivity index (χ1) is 13.1. The molecule has 0 saturated carbocycles. The molecule has 0 amide bonds. The van der Waals surface area contributed by atoms with Crippen LogP contribution in [0.15, 0.2) is 30.6 Å².